The summed E-state index contributed by atoms with van der Waals surface area (Å²) in [5.74, 6) is -1.26. The molecule has 3 rings (SSSR count). The Balaban J connectivity index is 1.61. The van der Waals surface area contributed by atoms with Gasteiger partial charge in [0.25, 0.3) is 5.91 Å². The maximum atomic E-state index is 11.9. The Hall–Kier alpha value is -3.26. The number of hydrogen-bond donors (Lipinski definition) is 4. The molecular formula is C16H13ClN4O4. The molecule has 3 aromatic rings. The number of nitrogens with two attached hydrogens (primary N) is 1. The van der Waals surface area contributed by atoms with Crippen LogP contribution in [0.25, 0.3) is 11.0 Å². The van der Waals surface area contributed by atoms with Gasteiger partial charge >= 0.3 is 11.7 Å². The van der Waals surface area contributed by atoms with Crippen LogP contribution in [0.4, 0.5) is 11.4 Å². The average Bonchev–Trinajstić information content (AvgIpc) is 2.92. The van der Waals surface area contributed by atoms with Crippen molar-refractivity contribution < 1.29 is 14.3 Å². The van der Waals surface area contributed by atoms with E-state index in [1.54, 1.807) is 18.2 Å². The van der Waals surface area contributed by atoms with Crippen LogP contribution in [0.5, 0.6) is 0 Å². The third-order valence-corrected chi connectivity index (χ3v) is 3.60. The highest BCUT2D eigenvalue weighted by atomic mass is 35.5. The first-order chi connectivity index (χ1) is 11.9. The lowest BCUT2D eigenvalue weighted by Crippen LogP contribution is -2.21. The molecule has 1 amide bonds. The summed E-state index contributed by atoms with van der Waals surface area (Å²) in [5, 5.41) is 2.96. The molecule has 0 atom stereocenters. The van der Waals surface area contributed by atoms with E-state index in [-0.39, 0.29) is 16.9 Å². The normalized spacial score (nSPS) is 10.6. The van der Waals surface area contributed by atoms with Gasteiger partial charge in [-0.15, -0.1) is 0 Å². The monoisotopic (exact) mass is 360 g/mol. The minimum absolute atomic E-state index is 0.128. The van der Waals surface area contributed by atoms with Crippen LogP contribution in [-0.4, -0.2) is 28.5 Å². The molecule has 0 bridgehead atoms. The van der Waals surface area contributed by atoms with Gasteiger partial charge in [-0.3, -0.25) is 4.79 Å². The van der Waals surface area contributed by atoms with Crippen LogP contribution in [0, 0.1) is 0 Å². The molecule has 8 nitrogen and oxygen atoms in total. The van der Waals surface area contributed by atoms with Crippen molar-refractivity contribution in [2.75, 3.05) is 17.7 Å². The number of esters is 1. The number of imidazole rings is 1. The second-order valence-electron chi connectivity index (χ2n) is 5.20. The lowest BCUT2D eigenvalue weighted by Gasteiger charge is -2.08. The summed E-state index contributed by atoms with van der Waals surface area (Å²) in [6.07, 6.45) is 0. The Morgan fingerprint density at radius 3 is 2.64 bits per heavy atom. The molecule has 0 aliphatic heterocycles. The van der Waals surface area contributed by atoms with Crippen molar-refractivity contribution in [3.05, 3.63) is 57.5 Å². The molecule has 9 heteroatoms. The number of carbonyl (C=O) groups is 2. The van der Waals surface area contributed by atoms with Gasteiger partial charge < -0.3 is 25.8 Å². The summed E-state index contributed by atoms with van der Waals surface area (Å²) in [6, 6.07) is 9.19. The zero-order valence-corrected chi connectivity index (χ0v) is 13.5. The molecule has 0 radical (unpaired) electrons. The number of nitrogen functional groups attached to an aromatic ring is 1. The molecule has 0 aliphatic carbocycles. The third kappa shape index (κ3) is 3.81. The summed E-state index contributed by atoms with van der Waals surface area (Å²) in [5.41, 5.74) is 7.27. The summed E-state index contributed by atoms with van der Waals surface area (Å²) < 4.78 is 4.94. The minimum atomic E-state index is -0.727. The summed E-state index contributed by atoms with van der Waals surface area (Å²) in [6.45, 7) is -0.484. The summed E-state index contributed by atoms with van der Waals surface area (Å²) in [7, 11) is 0. The van der Waals surface area contributed by atoms with Gasteiger partial charge in [-0.2, -0.15) is 0 Å². The van der Waals surface area contributed by atoms with E-state index in [4.69, 9.17) is 22.1 Å². The molecule has 0 saturated heterocycles. The van der Waals surface area contributed by atoms with E-state index in [1.165, 1.54) is 18.2 Å². The number of nitrogens with one attached hydrogen (secondary N) is 3. The van der Waals surface area contributed by atoms with Crippen molar-refractivity contribution in [3.8, 4) is 0 Å². The molecule has 1 heterocycles. The van der Waals surface area contributed by atoms with Gasteiger partial charge in [0, 0.05) is 16.4 Å². The van der Waals surface area contributed by atoms with Gasteiger partial charge in [-0.1, -0.05) is 11.6 Å². The predicted molar refractivity (Wildman–Crippen MR) is 93.7 cm³/mol. The molecule has 2 aromatic carbocycles. The Bertz CT molecular complexity index is 1020. The van der Waals surface area contributed by atoms with Crippen LogP contribution in [0.2, 0.25) is 5.02 Å². The number of aromatic nitrogens is 2. The number of amides is 1. The number of rotatable bonds is 4. The molecule has 25 heavy (non-hydrogen) atoms. The van der Waals surface area contributed by atoms with Gasteiger partial charge in [0.05, 0.1) is 16.6 Å². The molecule has 0 saturated carbocycles. The molecule has 0 aliphatic rings. The zero-order valence-electron chi connectivity index (χ0n) is 12.8. The van der Waals surface area contributed by atoms with Crippen molar-refractivity contribution in [1.29, 1.82) is 0 Å². The molecule has 0 unspecified atom stereocenters. The van der Waals surface area contributed by atoms with E-state index >= 15 is 0 Å². The zero-order chi connectivity index (χ0) is 18.0. The SMILES string of the molecule is Nc1cc(Cl)ccc1C(=O)OCC(=O)Nc1ccc2[nH]c(=O)[nH]c2c1. The van der Waals surface area contributed by atoms with Crippen LogP contribution in [0.3, 0.4) is 0 Å². The van der Waals surface area contributed by atoms with Gasteiger partial charge in [0.15, 0.2) is 6.61 Å². The number of carbonyl (C=O) groups excluding carboxylic acids is 2. The second kappa shape index (κ2) is 6.70. The van der Waals surface area contributed by atoms with Gasteiger partial charge in [0.2, 0.25) is 0 Å². The first-order valence-electron chi connectivity index (χ1n) is 7.16. The molecule has 0 spiro atoms. The van der Waals surface area contributed by atoms with Crippen LogP contribution in [0.15, 0.2) is 41.2 Å². The average molecular weight is 361 g/mol. The lowest BCUT2D eigenvalue weighted by molar-refractivity contribution is -0.119. The topological polar surface area (TPSA) is 130 Å². The Morgan fingerprint density at radius 2 is 1.88 bits per heavy atom. The summed E-state index contributed by atoms with van der Waals surface area (Å²) >= 11 is 5.76. The number of anilines is 2. The maximum absolute atomic E-state index is 11.9. The molecule has 0 fully saturated rings. The third-order valence-electron chi connectivity index (χ3n) is 3.37. The molecule has 5 N–H and O–H groups in total. The standard InChI is InChI=1S/C16H13ClN4O4/c17-8-1-3-10(11(18)5-8)15(23)25-7-14(22)19-9-2-4-12-13(6-9)21-16(24)20-12/h1-6H,7,18H2,(H,19,22)(H2,20,21,24). The first-order valence-corrected chi connectivity index (χ1v) is 7.54. The van der Waals surface area contributed by atoms with Crippen molar-refractivity contribution in [2.24, 2.45) is 0 Å². The summed E-state index contributed by atoms with van der Waals surface area (Å²) in [4.78, 5) is 40.2. The Labute approximate surface area is 145 Å². The van der Waals surface area contributed by atoms with E-state index in [1.807, 2.05) is 0 Å². The lowest BCUT2D eigenvalue weighted by atomic mass is 10.2. The van der Waals surface area contributed by atoms with Crippen molar-refractivity contribution in [1.82, 2.24) is 9.97 Å². The second-order valence-corrected chi connectivity index (χ2v) is 5.63. The van der Waals surface area contributed by atoms with E-state index in [0.717, 1.165) is 0 Å². The molecule has 1 aromatic heterocycles. The highest BCUT2D eigenvalue weighted by Gasteiger charge is 2.14. The minimum Gasteiger partial charge on any atom is -0.452 e. The Kier molecular flexibility index (Phi) is 4.44. The van der Waals surface area contributed by atoms with Crippen molar-refractivity contribution >= 4 is 45.9 Å². The fourth-order valence-corrected chi connectivity index (χ4v) is 2.42. The van der Waals surface area contributed by atoms with Crippen LogP contribution < -0.4 is 16.7 Å². The number of aromatic amines is 2. The van der Waals surface area contributed by atoms with E-state index in [2.05, 4.69) is 15.3 Å². The number of fused-ring (bicyclic) bond motifs is 1. The highest BCUT2D eigenvalue weighted by molar-refractivity contribution is 6.31. The number of halogens is 1. The predicted octanol–water partition coefficient (Wildman–Crippen LogP) is 1.89. The van der Waals surface area contributed by atoms with Gasteiger partial charge in [0.1, 0.15) is 0 Å². The van der Waals surface area contributed by atoms with Gasteiger partial charge in [-0.05, 0) is 36.4 Å². The largest absolute Gasteiger partial charge is 0.452 e. The Morgan fingerprint density at radius 1 is 1.12 bits per heavy atom. The van der Waals surface area contributed by atoms with E-state index < -0.39 is 18.5 Å². The quantitative estimate of drug-likeness (QED) is 0.417. The van der Waals surface area contributed by atoms with Crippen LogP contribution in [0.1, 0.15) is 10.4 Å². The number of ether oxygens (including phenoxy) is 1. The first kappa shape index (κ1) is 16.6. The van der Waals surface area contributed by atoms with Crippen molar-refractivity contribution in [3.63, 3.8) is 0 Å². The fraction of sp³-hybridized carbons (Fsp3) is 0.0625. The smallest absolute Gasteiger partial charge is 0.340 e. The van der Waals surface area contributed by atoms with E-state index in [9.17, 15) is 14.4 Å². The van der Waals surface area contributed by atoms with E-state index in [0.29, 0.717) is 21.7 Å². The molecular weight excluding hydrogens is 348 g/mol. The number of H-pyrrole nitrogens is 2. The number of benzene rings is 2. The van der Waals surface area contributed by atoms with Crippen LogP contribution >= 0.6 is 11.6 Å². The van der Waals surface area contributed by atoms with Crippen LogP contribution in [-0.2, 0) is 9.53 Å². The highest BCUT2D eigenvalue weighted by Crippen LogP contribution is 2.19. The fourth-order valence-electron chi connectivity index (χ4n) is 2.24. The maximum Gasteiger partial charge on any atom is 0.340 e. The van der Waals surface area contributed by atoms with Gasteiger partial charge in [-0.25, -0.2) is 9.59 Å². The van der Waals surface area contributed by atoms with Crippen molar-refractivity contribution in [2.45, 2.75) is 0 Å². The molecule has 128 valence electrons. The number of hydrogen-bond acceptors (Lipinski definition) is 5.